The lowest BCUT2D eigenvalue weighted by Gasteiger charge is -2.17. The van der Waals surface area contributed by atoms with E-state index < -0.39 is 0 Å². The van der Waals surface area contributed by atoms with Crippen LogP contribution in [0.1, 0.15) is 17.4 Å². The van der Waals surface area contributed by atoms with Crippen molar-refractivity contribution in [1.82, 2.24) is 4.98 Å². The average Bonchev–Trinajstić information content (AvgIpc) is 2.54. The molecule has 1 heterocycles. The molecule has 0 saturated carbocycles. The van der Waals surface area contributed by atoms with E-state index in [0.717, 1.165) is 23.7 Å². The minimum atomic E-state index is -0.153. The zero-order valence-corrected chi connectivity index (χ0v) is 12.5. The molecule has 1 aromatic carbocycles. The Morgan fingerprint density at radius 2 is 2.00 bits per heavy atom. The molecular weight excluding hydrogens is 266 g/mol. The number of carbonyl (C=O) groups excluding carboxylic acids is 1. The van der Waals surface area contributed by atoms with Gasteiger partial charge in [0.05, 0.1) is 7.11 Å². The maximum Gasteiger partial charge on any atom is 0.276 e. The van der Waals surface area contributed by atoms with Gasteiger partial charge in [-0.2, -0.15) is 0 Å². The number of rotatable bonds is 5. The van der Waals surface area contributed by atoms with Crippen LogP contribution < -0.4 is 15.0 Å². The number of methoxy groups -OCH3 is 1. The molecule has 0 fully saturated rings. The lowest BCUT2D eigenvalue weighted by Crippen LogP contribution is -2.27. The van der Waals surface area contributed by atoms with Crippen molar-refractivity contribution >= 4 is 17.3 Å². The SMILES string of the molecule is CCNc1ccnc(C(=O)N(C)c2ccc(OC)cc2)c1. The van der Waals surface area contributed by atoms with Gasteiger partial charge in [0.2, 0.25) is 0 Å². The van der Waals surface area contributed by atoms with E-state index >= 15 is 0 Å². The number of benzene rings is 1. The molecule has 2 aromatic rings. The number of nitrogens with one attached hydrogen (secondary N) is 1. The molecule has 5 nitrogen and oxygen atoms in total. The fourth-order valence-electron chi connectivity index (χ4n) is 1.96. The number of anilines is 2. The molecule has 0 aliphatic rings. The Bertz CT molecular complexity index is 611. The van der Waals surface area contributed by atoms with Gasteiger partial charge in [-0.1, -0.05) is 0 Å². The highest BCUT2D eigenvalue weighted by atomic mass is 16.5. The van der Waals surface area contributed by atoms with Gasteiger partial charge in [0.1, 0.15) is 11.4 Å². The Hall–Kier alpha value is -2.56. The Kier molecular flexibility index (Phi) is 4.77. The zero-order chi connectivity index (χ0) is 15.2. The van der Waals surface area contributed by atoms with Crippen LogP contribution in [0, 0.1) is 0 Å². The number of hydrogen-bond donors (Lipinski definition) is 1. The first kappa shape index (κ1) is 14.8. The van der Waals surface area contributed by atoms with Crippen LogP contribution in [0.2, 0.25) is 0 Å². The van der Waals surface area contributed by atoms with Crippen molar-refractivity contribution in [3.63, 3.8) is 0 Å². The number of carbonyl (C=O) groups is 1. The first-order chi connectivity index (χ1) is 10.2. The maximum atomic E-state index is 12.5. The monoisotopic (exact) mass is 285 g/mol. The summed E-state index contributed by atoms with van der Waals surface area (Å²) in [4.78, 5) is 18.2. The summed E-state index contributed by atoms with van der Waals surface area (Å²) in [5.74, 6) is 0.604. The molecule has 1 amide bonds. The summed E-state index contributed by atoms with van der Waals surface area (Å²) in [6.07, 6.45) is 1.63. The highest BCUT2D eigenvalue weighted by Gasteiger charge is 2.15. The summed E-state index contributed by atoms with van der Waals surface area (Å²) in [7, 11) is 3.34. The molecule has 1 aromatic heterocycles. The van der Waals surface area contributed by atoms with Crippen molar-refractivity contribution in [1.29, 1.82) is 0 Å². The minimum absolute atomic E-state index is 0.153. The summed E-state index contributed by atoms with van der Waals surface area (Å²) in [5, 5.41) is 3.17. The van der Waals surface area contributed by atoms with Gasteiger partial charge in [0.25, 0.3) is 5.91 Å². The van der Waals surface area contributed by atoms with Gasteiger partial charge in [-0.3, -0.25) is 9.78 Å². The number of ether oxygens (including phenoxy) is 1. The standard InChI is InChI=1S/C16H19N3O2/c1-4-17-12-9-10-18-15(11-12)16(20)19(2)13-5-7-14(21-3)8-6-13/h5-11H,4H2,1-3H3,(H,17,18). The highest BCUT2D eigenvalue weighted by molar-refractivity contribution is 6.04. The van der Waals surface area contributed by atoms with E-state index in [0.29, 0.717) is 5.69 Å². The molecule has 1 N–H and O–H groups in total. The fourth-order valence-corrected chi connectivity index (χ4v) is 1.96. The van der Waals surface area contributed by atoms with Gasteiger partial charge in [-0.25, -0.2) is 0 Å². The number of pyridine rings is 1. The molecule has 21 heavy (non-hydrogen) atoms. The number of hydrogen-bond acceptors (Lipinski definition) is 4. The van der Waals surface area contributed by atoms with Crippen molar-refractivity contribution in [2.75, 3.05) is 30.9 Å². The van der Waals surface area contributed by atoms with Crippen molar-refractivity contribution < 1.29 is 9.53 Å². The second kappa shape index (κ2) is 6.74. The molecule has 0 radical (unpaired) electrons. The first-order valence-electron chi connectivity index (χ1n) is 6.77. The minimum Gasteiger partial charge on any atom is -0.497 e. The Balaban J connectivity index is 2.19. The van der Waals surface area contributed by atoms with Gasteiger partial charge in [0.15, 0.2) is 0 Å². The van der Waals surface area contributed by atoms with Gasteiger partial charge in [-0.15, -0.1) is 0 Å². The van der Waals surface area contributed by atoms with E-state index in [1.54, 1.807) is 31.3 Å². The zero-order valence-electron chi connectivity index (χ0n) is 12.5. The highest BCUT2D eigenvalue weighted by Crippen LogP contribution is 2.20. The maximum absolute atomic E-state index is 12.5. The Morgan fingerprint density at radius 1 is 1.29 bits per heavy atom. The topological polar surface area (TPSA) is 54.5 Å². The number of nitrogens with zero attached hydrogens (tertiary/aromatic N) is 2. The second-order valence-corrected chi connectivity index (χ2v) is 4.52. The van der Waals surface area contributed by atoms with Crippen LogP contribution in [0.5, 0.6) is 5.75 Å². The van der Waals surface area contributed by atoms with Crippen LogP contribution in [0.4, 0.5) is 11.4 Å². The van der Waals surface area contributed by atoms with Crippen LogP contribution in [0.15, 0.2) is 42.6 Å². The summed E-state index contributed by atoms with van der Waals surface area (Å²) in [5.41, 5.74) is 2.09. The van der Waals surface area contributed by atoms with Crippen LogP contribution in [-0.2, 0) is 0 Å². The summed E-state index contributed by atoms with van der Waals surface area (Å²) < 4.78 is 5.11. The van der Waals surface area contributed by atoms with Crippen molar-refractivity contribution in [3.8, 4) is 5.75 Å². The third-order valence-electron chi connectivity index (χ3n) is 3.12. The number of amides is 1. The number of aromatic nitrogens is 1. The van der Waals surface area contributed by atoms with Gasteiger partial charge < -0.3 is 15.0 Å². The van der Waals surface area contributed by atoms with E-state index in [1.807, 2.05) is 37.3 Å². The molecule has 0 bridgehead atoms. The van der Waals surface area contributed by atoms with E-state index in [9.17, 15) is 4.79 Å². The van der Waals surface area contributed by atoms with Gasteiger partial charge in [0, 0.05) is 31.2 Å². The summed E-state index contributed by atoms with van der Waals surface area (Å²) >= 11 is 0. The van der Waals surface area contributed by atoms with Crippen molar-refractivity contribution in [3.05, 3.63) is 48.3 Å². The smallest absolute Gasteiger partial charge is 0.276 e. The van der Waals surface area contributed by atoms with E-state index in [2.05, 4.69) is 10.3 Å². The van der Waals surface area contributed by atoms with E-state index in [4.69, 9.17) is 4.74 Å². The molecular formula is C16H19N3O2. The first-order valence-corrected chi connectivity index (χ1v) is 6.77. The van der Waals surface area contributed by atoms with Gasteiger partial charge >= 0.3 is 0 Å². The Morgan fingerprint density at radius 3 is 2.62 bits per heavy atom. The molecule has 0 saturated heterocycles. The average molecular weight is 285 g/mol. The molecule has 110 valence electrons. The Labute approximate surface area is 124 Å². The molecule has 0 aliphatic carbocycles. The van der Waals surface area contributed by atoms with Crippen LogP contribution in [0.25, 0.3) is 0 Å². The van der Waals surface area contributed by atoms with Crippen LogP contribution in [0.3, 0.4) is 0 Å². The van der Waals surface area contributed by atoms with Crippen LogP contribution in [-0.4, -0.2) is 31.6 Å². The normalized spacial score (nSPS) is 10.0. The van der Waals surface area contributed by atoms with Crippen molar-refractivity contribution in [2.24, 2.45) is 0 Å². The predicted molar refractivity (Wildman–Crippen MR) is 84.1 cm³/mol. The van der Waals surface area contributed by atoms with Crippen LogP contribution >= 0.6 is 0 Å². The lowest BCUT2D eigenvalue weighted by atomic mass is 10.2. The molecule has 0 atom stereocenters. The molecule has 0 unspecified atom stereocenters. The molecule has 0 aliphatic heterocycles. The second-order valence-electron chi connectivity index (χ2n) is 4.52. The largest absolute Gasteiger partial charge is 0.497 e. The predicted octanol–water partition coefficient (Wildman–Crippen LogP) is 2.80. The summed E-state index contributed by atoms with van der Waals surface area (Å²) in [6, 6.07) is 10.9. The van der Waals surface area contributed by atoms with E-state index in [1.165, 1.54) is 0 Å². The van der Waals surface area contributed by atoms with E-state index in [-0.39, 0.29) is 5.91 Å². The summed E-state index contributed by atoms with van der Waals surface area (Å²) in [6.45, 7) is 2.80. The fraction of sp³-hybridized carbons (Fsp3) is 0.250. The lowest BCUT2D eigenvalue weighted by molar-refractivity contribution is 0.0988. The molecule has 5 heteroatoms. The van der Waals surface area contributed by atoms with Gasteiger partial charge in [-0.05, 0) is 43.3 Å². The molecule has 0 spiro atoms. The third kappa shape index (κ3) is 3.51. The van der Waals surface area contributed by atoms with Crippen molar-refractivity contribution in [2.45, 2.75) is 6.92 Å². The third-order valence-corrected chi connectivity index (χ3v) is 3.12. The molecule has 2 rings (SSSR count). The quantitative estimate of drug-likeness (QED) is 0.917.